The fourth-order valence-electron chi connectivity index (χ4n) is 2.00. The van der Waals surface area contributed by atoms with E-state index < -0.39 is 0 Å². The highest BCUT2D eigenvalue weighted by Crippen LogP contribution is 2.48. The lowest BCUT2D eigenvalue weighted by Crippen LogP contribution is -2.02. The standard InChI is InChI=1S/C8H12.2CHNO/c1-8-4-2-7(6-8)3-5-8;2*2-1-3/h2,4,7H,3,5-6H2,1H3;2*2H. The number of hydrogen-bond donors (Lipinski definition) is 2. The third kappa shape index (κ3) is 3.94. The van der Waals surface area contributed by atoms with E-state index in [-0.39, 0.29) is 0 Å². The van der Waals surface area contributed by atoms with Crippen LogP contribution in [0.1, 0.15) is 26.2 Å². The molecular formula is C10H14N2O2. The van der Waals surface area contributed by atoms with Crippen LogP contribution in [0, 0.1) is 22.2 Å². The summed E-state index contributed by atoms with van der Waals surface area (Å²) in [6, 6.07) is 0. The van der Waals surface area contributed by atoms with Crippen LogP contribution in [-0.4, -0.2) is 12.2 Å². The zero-order valence-electron chi connectivity index (χ0n) is 8.17. The summed E-state index contributed by atoms with van der Waals surface area (Å²) in [7, 11) is 0. The predicted octanol–water partition coefficient (Wildman–Crippen LogP) is 2.16. The minimum absolute atomic E-state index is 0.630. The predicted molar refractivity (Wildman–Crippen MR) is 51.4 cm³/mol. The third-order valence-corrected chi connectivity index (χ3v) is 2.59. The van der Waals surface area contributed by atoms with Gasteiger partial charge in [0.2, 0.25) is 12.2 Å². The Morgan fingerprint density at radius 1 is 1.36 bits per heavy atom. The molecule has 2 aliphatic carbocycles. The zero-order chi connectivity index (χ0) is 11.0. The molecule has 2 N–H and O–H groups in total. The Hall–Kier alpha value is -1.50. The van der Waals surface area contributed by atoms with Crippen LogP contribution in [0.3, 0.4) is 0 Å². The van der Waals surface area contributed by atoms with E-state index >= 15 is 0 Å². The molecule has 1 saturated carbocycles. The van der Waals surface area contributed by atoms with Gasteiger partial charge in [-0.25, -0.2) is 20.4 Å². The van der Waals surface area contributed by atoms with Crippen molar-refractivity contribution in [1.82, 2.24) is 0 Å². The molecule has 2 aliphatic rings. The average molecular weight is 194 g/mol. The lowest BCUT2D eigenvalue weighted by atomic mass is 9.91. The molecule has 2 rings (SSSR count). The summed E-state index contributed by atoms with van der Waals surface area (Å²) in [6.07, 6.45) is 10.6. The molecule has 0 aromatic carbocycles. The normalized spacial score (nSPS) is 30.2. The molecule has 14 heavy (non-hydrogen) atoms. The summed E-state index contributed by atoms with van der Waals surface area (Å²) in [6.45, 7) is 2.37. The van der Waals surface area contributed by atoms with Gasteiger partial charge >= 0.3 is 0 Å². The highest BCUT2D eigenvalue weighted by Gasteiger charge is 2.36. The van der Waals surface area contributed by atoms with Gasteiger partial charge in [-0.2, -0.15) is 0 Å². The van der Waals surface area contributed by atoms with Crippen molar-refractivity contribution < 1.29 is 9.59 Å². The van der Waals surface area contributed by atoms with Crippen molar-refractivity contribution in [1.29, 1.82) is 10.8 Å². The molecule has 2 unspecified atom stereocenters. The van der Waals surface area contributed by atoms with E-state index in [1.54, 1.807) is 0 Å². The van der Waals surface area contributed by atoms with Crippen LogP contribution >= 0.6 is 0 Å². The summed E-state index contributed by atoms with van der Waals surface area (Å²) in [4.78, 5) is 16.7. The highest BCUT2D eigenvalue weighted by atomic mass is 16.1. The Labute approximate surface area is 83.0 Å². The Balaban J connectivity index is 0.000000242. The average Bonchev–Trinajstić information content (AvgIpc) is 2.64. The van der Waals surface area contributed by atoms with E-state index in [1.165, 1.54) is 19.3 Å². The first-order chi connectivity index (χ1) is 6.61. The summed E-state index contributed by atoms with van der Waals surface area (Å²) in [5, 5.41) is 10.8. The minimum atomic E-state index is 0.630. The summed E-state index contributed by atoms with van der Waals surface area (Å²) in [5.41, 5.74) is 0.630. The van der Waals surface area contributed by atoms with E-state index in [9.17, 15) is 0 Å². The second-order valence-corrected chi connectivity index (χ2v) is 3.72. The molecule has 2 atom stereocenters. The van der Waals surface area contributed by atoms with Gasteiger partial charge in [0.25, 0.3) is 0 Å². The molecule has 0 aliphatic heterocycles. The molecule has 0 aromatic heterocycles. The van der Waals surface area contributed by atoms with E-state index in [4.69, 9.17) is 20.4 Å². The smallest absolute Gasteiger partial charge is 0.222 e. The van der Waals surface area contributed by atoms with Gasteiger partial charge in [-0.05, 0) is 30.6 Å². The van der Waals surface area contributed by atoms with E-state index in [1.807, 2.05) is 0 Å². The lowest BCUT2D eigenvalue weighted by Gasteiger charge is -2.14. The molecule has 4 heteroatoms. The maximum Gasteiger partial charge on any atom is 0.231 e. The topological polar surface area (TPSA) is 81.8 Å². The first-order valence-corrected chi connectivity index (χ1v) is 4.39. The molecule has 0 aromatic rings. The molecule has 2 bridgehead atoms. The quantitative estimate of drug-likeness (QED) is 0.352. The maximum atomic E-state index is 8.35. The number of fused-ring (bicyclic) bond motifs is 2. The van der Waals surface area contributed by atoms with Gasteiger partial charge in [-0.15, -0.1) is 0 Å². The van der Waals surface area contributed by atoms with Crippen molar-refractivity contribution in [3.8, 4) is 0 Å². The van der Waals surface area contributed by atoms with Crippen LogP contribution in [-0.2, 0) is 9.59 Å². The molecule has 0 heterocycles. The van der Waals surface area contributed by atoms with Gasteiger partial charge < -0.3 is 0 Å². The molecule has 0 saturated heterocycles. The van der Waals surface area contributed by atoms with Crippen LogP contribution in [0.5, 0.6) is 0 Å². The number of allylic oxidation sites excluding steroid dienone is 2. The van der Waals surface area contributed by atoms with Gasteiger partial charge in [-0.1, -0.05) is 19.1 Å². The second-order valence-electron chi connectivity index (χ2n) is 3.72. The van der Waals surface area contributed by atoms with E-state index in [0.717, 1.165) is 18.1 Å². The number of rotatable bonds is 0. The summed E-state index contributed by atoms with van der Waals surface area (Å²) in [5.74, 6) is 0.958. The fraction of sp³-hybridized carbons (Fsp3) is 0.600. The molecule has 0 amide bonds. The monoisotopic (exact) mass is 194 g/mol. The number of nitrogens with one attached hydrogen (secondary N) is 2. The Morgan fingerprint density at radius 2 is 1.86 bits per heavy atom. The maximum absolute atomic E-state index is 8.35. The first kappa shape index (κ1) is 12.5. The first-order valence-electron chi connectivity index (χ1n) is 4.39. The van der Waals surface area contributed by atoms with Crippen molar-refractivity contribution in [3.05, 3.63) is 12.2 Å². The molecule has 0 spiro atoms. The molecular weight excluding hydrogens is 180 g/mol. The van der Waals surface area contributed by atoms with Crippen LogP contribution in [0.2, 0.25) is 0 Å². The van der Waals surface area contributed by atoms with Gasteiger partial charge in [0.1, 0.15) is 0 Å². The highest BCUT2D eigenvalue weighted by molar-refractivity contribution is 5.26. The SMILES string of the molecule is CC12C=CC(CC1)C2.N=C=O.N=C=O. The number of isocyanates is 2. The third-order valence-electron chi connectivity index (χ3n) is 2.59. The van der Waals surface area contributed by atoms with Crippen LogP contribution in [0.15, 0.2) is 12.2 Å². The Morgan fingerprint density at radius 3 is 1.93 bits per heavy atom. The Kier molecular flexibility index (Phi) is 5.38. The van der Waals surface area contributed by atoms with Gasteiger partial charge in [0.05, 0.1) is 0 Å². The van der Waals surface area contributed by atoms with Crippen molar-refractivity contribution in [3.63, 3.8) is 0 Å². The molecule has 0 radical (unpaired) electrons. The Bertz CT molecular complexity index is 262. The van der Waals surface area contributed by atoms with Crippen LogP contribution in [0.25, 0.3) is 0 Å². The van der Waals surface area contributed by atoms with Gasteiger partial charge in [-0.3, -0.25) is 0 Å². The molecule has 76 valence electrons. The van der Waals surface area contributed by atoms with E-state index in [2.05, 4.69) is 19.1 Å². The van der Waals surface area contributed by atoms with E-state index in [0.29, 0.717) is 5.41 Å². The minimum Gasteiger partial charge on any atom is -0.222 e. The largest absolute Gasteiger partial charge is 0.231 e. The second kappa shape index (κ2) is 6.03. The van der Waals surface area contributed by atoms with Crippen LogP contribution < -0.4 is 0 Å². The fourth-order valence-corrected chi connectivity index (χ4v) is 2.00. The summed E-state index contributed by atoms with van der Waals surface area (Å²) >= 11 is 0. The number of carbonyl (C=O) groups excluding carboxylic acids is 2. The molecule has 1 fully saturated rings. The van der Waals surface area contributed by atoms with Crippen LogP contribution in [0.4, 0.5) is 0 Å². The van der Waals surface area contributed by atoms with Gasteiger partial charge in [0, 0.05) is 0 Å². The summed E-state index contributed by atoms with van der Waals surface area (Å²) < 4.78 is 0. The van der Waals surface area contributed by atoms with Crippen molar-refractivity contribution in [2.75, 3.05) is 0 Å². The van der Waals surface area contributed by atoms with Crippen molar-refractivity contribution >= 4 is 12.2 Å². The molecule has 4 nitrogen and oxygen atoms in total. The lowest BCUT2D eigenvalue weighted by molar-refractivity contribution is 0.455. The van der Waals surface area contributed by atoms with Crippen molar-refractivity contribution in [2.24, 2.45) is 11.3 Å². The van der Waals surface area contributed by atoms with Gasteiger partial charge in [0.15, 0.2) is 0 Å². The zero-order valence-corrected chi connectivity index (χ0v) is 8.17. The number of hydrogen-bond acceptors (Lipinski definition) is 4. The van der Waals surface area contributed by atoms with Crippen molar-refractivity contribution in [2.45, 2.75) is 26.2 Å².